The first-order valence-electron chi connectivity index (χ1n) is 4.58. The van der Waals surface area contributed by atoms with Crippen molar-refractivity contribution in [3.63, 3.8) is 0 Å². The highest BCUT2D eigenvalue weighted by molar-refractivity contribution is 7.91. The maximum absolute atomic E-state index is 11.3. The van der Waals surface area contributed by atoms with Crippen LogP contribution >= 0.6 is 0 Å². The topological polar surface area (TPSA) is 54.5 Å². The van der Waals surface area contributed by atoms with Gasteiger partial charge in [0.25, 0.3) is 0 Å². The van der Waals surface area contributed by atoms with Gasteiger partial charge in [0.15, 0.2) is 9.84 Å². The molecular formula is C8H13NO3S. The summed E-state index contributed by atoms with van der Waals surface area (Å²) in [5.41, 5.74) is 0. The standard InChI is InChI=1S/C8H13NO3S/c10-8-2-1-4-9(8)7-3-5-13(11,12)6-7/h7H,1-6H2/t7-/m0/s1. The maximum atomic E-state index is 11.3. The molecule has 0 aromatic rings. The highest BCUT2D eigenvalue weighted by Crippen LogP contribution is 2.22. The molecule has 0 saturated carbocycles. The van der Waals surface area contributed by atoms with Gasteiger partial charge in [-0.15, -0.1) is 0 Å². The number of rotatable bonds is 1. The van der Waals surface area contributed by atoms with E-state index >= 15 is 0 Å². The van der Waals surface area contributed by atoms with E-state index in [0.717, 1.165) is 13.0 Å². The Labute approximate surface area is 77.8 Å². The van der Waals surface area contributed by atoms with E-state index in [1.165, 1.54) is 0 Å². The van der Waals surface area contributed by atoms with E-state index in [0.29, 0.717) is 12.8 Å². The molecule has 2 heterocycles. The van der Waals surface area contributed by atoms with Crippen LogP contribution in [-0.2, 0) is 14.6 Å². The highest BCUT2D eigenvalue weighted by atomic mass is 32.2. The Kier molecular flexibility index (Phi) is 2.06. The number of carbonyl (C=O) groups is 1. The predicted molar refractivity (Wildman–Crippen MR) is 48.0 cm³/mol. The fraction of sp³-hybridized carbons (Fsp3) is 0.875. The summed E-state index contributed by atoms with van der Waals surface area (Å²) < 4.78 is 22.3. The maximum Gasteiger partial charge on any atom is 0.222 e. The van der Waals surface area contributed by atoms with Crippen LogP contribution < -0.4 is 0 Å². The van der Waals surface area contributed by atoms with Crippen molar-refractivity contribution < 1.29 is 13.2 Å². The molecule has 1 amide bonds. The smallest absolute Gasteiger partial charge is 0.222 e. The summed E-state index contributed by atoms with van der Waals surface area (Å²) in [6.07, 6.45) is 2.11. The van der Waals surface area contributed by atoms with Crippen LogP contribution in [0.15, 0.2) is 0 Å². The Hall–Kier alpha value is -0.580. The number of likely N-dealkylation sites (tertiary alicyclic amines) is 1. The summed E-state index contributed by atoms with van der Waals surface area (Å²) in [6, 6.07) is -0.0278. The van der Waals surface area contributed by atoms with E-state index in [2.05, 4.69) is 0 Å². The molecule has 0 aromatic heterocycles. The second kappa shape index (κ2) is 2.97. The molecule has 2 rings (SSSR count). The molecule has 0 N–H and O–H groups in total. The summed E-state index contributed by atoms with van der Waals surface area (Å²) in [5, 5.41) is 0. The average Bonchev–Trinajstić information content (AvgIpc) is 2.56. The van der Waals surface area contributed by atoms with Gasteiger partial charge in [-0.25, -0.2) is 8.42 Å². The SMILES string of the molecule is O=C1CCCN1[C@H]1CCS(=O)(=O)C1. The first-order valence-corrected chi connectivity index (χ1v) is 6.40. The lowest BCUT2D eigenvalue weighted by Gasteiger charge is -2.21. The van der Waals surface area contributed by atoms with Gasteiger partial charge in [-0.1, -0.05) is 0 Å². The minimum Gasteiger partial charge on any atom is -0.339 e. The Balaban J connectivity index is 2.07. The molecule has 2 saturated heterocycles. The van der Waals surface area contributed by atoms with Gasteiger partial charge in [0.2, 0.25) is 5.91 Å². The highest BCUT2D eigenvalue weighted by Gasteiger charge is 2.36. The first kappa shape index (κ1) is 8.99. The van der Waals surface area contributed by atoms with Crippen LogP contribution in [0.25, 0.3) is 0 Å². The second-order valence-corrected chi connectivity index (χ2v) is 5.98. The van der Waals surface area contributed by atoms with E-state index in [-0.39, 0.29) is 23.5 Å². The average molecular weight is 203 g/mol. The van der Waals surface area contributed by atoms with Crippen molar-refractivity contribution in [3.8, 4) is 0 Å². The molecule has 0 bridgehead atoms. The van der Waals surface area contributed by atoms with Crippen LogP contribution in [0.5, 0.6) is 0 Å². The Morgan fingerprint density at radius 3 is 2.62 bits per heavy atom. The largest absolute Gasteiger partial charge is 0.339 e. The van der Waals surface area contributed by atoms with E-state index in [9.17, 15) is 13.2 Å². The van der Waals surface area contributed by atoms with Crippen LogP contribution in [0, 0.1) is 0 Å². The Morgan fingerprint density at radius 2 is 2.15 bits per heavy atom. The van der Waals surface area contributed by atoms with Crippen molar-refractivity contribution in [1.82, 2.24) is 4.90 Å². The quantitative estimate of drug-likeness (QED) is 0.593. The Morgan fingerprint density at radius 1 is 1.38 bits per heavy atom. The molecule has 1 atom stereocenters. The third kappa shape index (κ3) is 1.70. The molecule has 2 fully saturated rings. The Bertz CT molecular complexity index is 322. The van der Waals surface area contributed by atoms with Gasteiger partial charge >= 0.3 is 0 Å². The molecule has 0 aliphatic carbocycles. The zero-order valence-electron chi connectivity index (χ0n) is 7.40. The molecule has 4 nitrogen and oxygen atoms in total. The number of sulfone groups is 1. The third-order valence-corrected chi connectivity index (χ3v) is 4.51. The number of amides is 1. The van der Waals surface area contributed by atoms with Gasteiger partial charge in [0, 0.05) is 19.0 Å². The number of hydrogen-bond acceptors (Lipinski definition) is 3. The molecular weight excluding hydrogens is 190 g/mol. The third-order valence-electron chi connectivity index (χ3n) is 2.76. The zero-order valence-corrected chi connectivity index (χ0v) is 8.22. The van der Waals surface area contributed by atoms with Crippen molar-refractivity contribution >= 4 is 15.7 Å². The van der Waals surface area contributed by atoms with Crippen molar-refractivity contribution in [2.45, 2.75) is 25.3 Å². The molecule has 5 heteroatoms. The summed E-state index contributed by atoms with van der Waals surface area (Å²) in [4.78, 5) is 13.0. The van der Waals surface area contributed by atoms with Gasteiger partial charge in [0.05, 0.1) is 11.5 Å². The van der Waals surface area contributed by atoms with Crippen LogP contribution in [0.2, 0.25) is 0 Å². The minimum atomic E-state index is -2.85. The van der Waals surface area contributed by atoms with Crippen LogP contribution in [-0.4, -0.2) is 43.3 Å². The minimum absolute atomic E-state index is 0.0278. The fourth-order valence-electron chi connectivity index (χ4n) is 2.08. The van der Waals surface area contributed by atoms with Crippen molar-refractivity contribution in [2.24, 2.45) is 0 Å². The van der Waals surface area contributed by atoms with Crippen molar-refractivity contribution in [2.75, 3.05) is 18.1 Å². The predicted octanol–water partition coefficient (Wildman–Crippen LogP) is -0.204. The lowest BCUT2D eigenvalue weighted by atomic mass is 10.2. The number of carbonyl (C=O) groups excluding carboxylic acids is 1. The molecule has 0 radical (unpaired) electrons. The summed E-state index contributed by atoms with van der Waals surface area (Å²) in [5.74, 6) is 0.558. The molecule has 0 unspecified atom stereocenters. The molecule has 2 aliphatic heterocycles. The summed E-state index contributed by atoms with van der Waals surface area (Å²) in [6.45, 7) is 0.749. The van der Waals surface area contributed by atoms with E-state index in [4.69, 9.17) is 0 Å². The summed E-state index contributed by atoms with van der Waals surface area (Å²) >= 11 is 0. The van der Waals surface area contributed by atoms with Gasteiger partial charge in [-0.3, -0.25) is 4.79 Å². The fourth-order valence-corrected chi connectivity index (χ4v) is 3.81. The molecule has 2 aliphatic rings. The first-order chi connectivity index (χ1) is 6.08. The molecule has 13 heavy (non-hydrogen) atoms. The van der Waals surface area contributed by atoms with Gasteiger partial charge in [0.1, 0.15) is 0 Å². The second-order valence-electron chi connectivity index (χ2n) is 3.75. The molecule has 0 aromatic carbocycles. The van der Waals surface area contributed by atoms with Crippen molar-refractivity contribution in [3.05, 3.63) is 0 Å². The van der Waals surface area contributed by atoms with E-state index < -0.39 is 9.84 Å². The number of nitrogens with zero attached hydrogens (tertiary/aromatic N) is 1. The molecule has 74 valence electrons. The zero-order chi connectivity index (χ0) is 9.47. The van der Waals surface area contributed by atoms with Crippen LogP contribution in [0.4, 0.5) is 0 Å². The van der Waals surface area contributed by atoms with Gasteiger partial charge in [-0.2, -0.15) is 0 Å². The van der Waals surface area contributed by atoms with Crippen LogP contribution in [0.3, 0.4) is 0 Å². The van der Waals surface area contributed by atoms with Crippen molar-refractivity contribution in [1.29, 1.82) is 0 Å². The van der Waals surface area contributed by atoms with Crippen LogP contribution in [0.1, 0.15) is 19.3 Å². The van der Waals surface area contributed by atoms with E-state index in [1.807, 2.05) is 0 Å². The summed E-state index contributed by atoms with van der Waals surface area (Å²) in [7, 11) is -2.85. The lowest BCUT2D eigenvalue weighted by Crippen LogP contribution is -2.36. The normalized spacial score (nSPS) is 32.8. The van der Waals surface area contributed by atoms with E-state index in [1.54, 1.807) is 4.90 Å². The lowest BCUT2D eigenvalue weighted by molar-refractivity contribution is -0.129. The van der Waals surface area contributed by atoms with Gasteiger partial charge < -0.3 is 4.90 Å². The monoisotopic (exact) mass is 203 g/mol. The van der Waals surface area contributed by atoms with Gasteiger partial charge in [-0.05, 0) is 12.8 Å². The molecule has 0 spiro atoms. The number of hydrogen-bond donors (Lipinski definition) is 0.